The van der Waals surface area contributed by atoms with Crippen molar-refractivity contribution in [1.29, 1.82) is 0 Å². The van der Waals surface area contributed by atoms with Crippen molar-refractivity contribution in [2.24, 2.45) is 5.73 Å². The van der Waals surface area contributed by atoms with E-state index < -0.39 is 28.4 Å². The number of anilines is 2. The maximum absolute atomic E-state index is 13.5. The summed E-state index contributed by atoms with van der Waals surface area (Å²) in [6, 6.07) is 17.2. The Hall–Kier alpha value is -3.37. The summed E-state index contributed by atoms with van der Waals surface area (Å²) in [4.78, 5) is 24.2. The molecule has 3 N–H and O–H groups in total. The second-order valence-corrected chi connectivity index (χ2v) is 9.85. The highest BCUT2D eigenvalue weighted by molar-refractivity contribution is 9.10. The van der Waals surface area contributed by atoms with Crippen LogP contribution in [-0.2, 0) is 14.8 Å². The number of nitrogens with one attached hydrogen (secondary N) is 1. The zero-order chi connectivity index (χ0) is 24.2. The van der Waals surface area contributed by atoms with Gasteiger partial charge in [-0.25, -0.2) is 8.42 Å². The first-order valence-corrected chi connectivity index (χ1v) is 12.0. The Bertz CT molecular complexity index is 1290. The van der Waals surface area contributed by atoms with Gasteiger partial charge in [0.2, 0.25) is 11.8 Å². The molecule has 0 aliphatic heterocycles. The summed E-state index contributed by atoms with van der Waals surface area (Å²) in [6.07, 6.45) is 0. The molecule has 33 heavy (non-hydrogen) atoms. The van der Waals surface area contributed by atoms with Crippen molar-refractivity contribution in [1.82, 2.24) is 0 Å². The highest BCUT2D eigenvalue weighted by Gasteiger charge is 2.28. The smallest absolute Gasteiger partial charge is 0.264 e. The average molecular weight is 532 g/mol. The second-order valence-electron chi connectivity index (χ2n) is 7.14. The normalized spacial score (nSPS) is 11.0. The van der Waals surface area contributed by atoms with Gasteiger partial charge < -0.3 is 15.8 Å². The molecule has 3 aromatic carbocycles. The number of nitrogens with two attached hydrogens (primary N) is 1. The van der Waals surface area contributed by atoms with Gasteiger partial charge in [-0.15, -0.1) is 0 Å². The first-order valence-electron chi connectivity index (χ1n) is 9.74. The predicted molar refractivity (Wildman–Crippen MR) is 130 cm³/mol. The van der Waals surface area contributed by atoms with Crippen LogP contribution in [0.25, 0.3) is 0 Å². The van der Waals surface area contributed by atoms with Gasteiger partial charge in [-0.3, -0.25) is 13.9 Å². The van der Waals surface area contributed by atoms with Gasteiger partial charge >= 0.3 is 0 Å². The van der Waals surface area contributed by atoms with E-state index in [9.17, 15) is 18.0 Å². The van der Waals surface area contributed by atoms with Gasteiger partial charge in [0.05, 0.1) is 22.2 Å². The monoisotopic (exact) mass is 531 g/mol. The van der Waals surface area contributed by atoms with Gasteiger partial charge in [-0.2, -0.15) is 0 Å². The van der Waals surface area contributed by atoms with Crippen molar-refractivity contribution in [3.8, 4) is 5.75 Å². The average Bonchev–Trinajstić information content (AvgIpc) is 2.78. The number of sulfonamides is 1. The minimum Gasteiger partial charge on any atom is -0.496 e. The van der Waals surface area contributed by atoms with Crippen LogP contribution in [0.1, 0.15) is 15.9 Å². The lowest BCUT2D eigenvalue weighted by atomic mass is 10.2. The van der Waals surface area contributed by atoms with Crippen molar-refractivity contribution >= 4 is 49.1 Å². The number of hydrogen-bond acceptors (Lipinski definition) is 5. The molecule has 0 aliphatic rings. The number of rotatable bonds is 8. The summed E-state index contributed by atoms with van der Waals surface area (Å²) < 4.78 is 33.7. The van der Waals surface area contributed by atoms with E-state index in [0.717, 1.165) is 9.87 Å². The van der Waals surface area contributed by atoms with Crippen molar-refractivity contribution in [3.05, 3.63) is 82.3 Å². The number of benzene rings is 3. The molecule has 0 unspecified atom stereocenters. The van der Waals surface area contributed by atoms with Gasteiger partial charge in [0.15, 0.2) is 0 Å². The van der Waals surface area contributed by atoms with E-state index in [0.29, 0.717) is 21.6 Å². The number of hydrogen-bond donors (Lipinski definition) is 2. The Balaban J connectivity index is 1.95. The van der Waals surface area contributed by atoms with Crippen LogP contribution >= 0.6 is 15.9 Å². The van der Waals surface area contributed by atoms with Crippen molar-refractivity contribution < 1.29 is 22.7 Å². The number of ether oxygens (including phenoxy) is 1. The van der Waals surface area contributed by atoms with Gasteiger partial charge in [0.1, 0.15) is 12.3 Å². The molecule has 0 aliphatic carbocycles. The third-order valence-corrected chi connectivity index (χ3v) is 7.14. The fraction of sp³-hybridized carbons (Fsp3) is 0.130. The van der Waals surface area contributed by atoms with Crippen LogP contribution in [0, 0.1) is 6.92 Å². The molecular weight excluding hydrogens is 510 g/mol. The quantitative estimate of drug-likeness (QED) is 0.459. The summed E-state index contributed by atoms with van der Waals surface area (Å²) in [6.45, 7) is 1.39. The van der Waals surface area contributed by atoms with Crippen molar-refractivity contribution in [3.63, 3.8) is 0 Å². The lowest BCUT2D eigenvalue weighted by Gasteiger charge is -2.24. The molecular formula is C23H22BrN3O5S. The number of amides is 2. The molecule has 0 aromatic heterocycles. The largest absolute Gasteiger partial charge is 0.496 e. The summed E-state index contributed by atoms with van der Waals surface area (Å²) in [5.41, 5.74) is 7.10. The first-order chi connectivity index (χ1) is 15.6. The lowest BCUT2D eigenvalue weighted by molar-refractivity contribution is -0.114. The molecule has 0 saturated heterocycles. The van der Waals surface area contributed by atoms with Crippen LogP contribution in [-0.4, -0.2) is 33.9 Å². The van der Waals surface area contributed by atoms with Crippen molar-refractivity contribution in [2.45, 2.75) is 11.8 Å². The number of carbonyl (C=O) groups excluding carboxylic acids is 2. The Labute approximate surface area is 200 Å². The zero-order valence-electron chi connectivity index (χ0n) is 17.9. The fourth-order valence-electron chi connectivity index (χ4n) is 3.04. The summed E-state index contributed by atoms with van der Waals surface area (Å²) in [7, 11) is -2.63. The van der Waals surface area contributed by atoms with Crippen LogP contribution in [0.5, 0.6) is 5.75 Å². The molecule has 8 nitrogen and oxygen atoms in total. The molecule has 3 aromatic rings. The van der Waals surface area contributed by atoms with E-state index in [1.54, 1.807) is 36.4 Å². The number of aryl methyl sites for hydroxylation is 1. The van der Waals surface area contributed by atoms with E-state index in [-0.39, 0.29) is 10.5 Å². The molecule has 0 radical (unpaired) electrons. The number of methoxy groups -OCH3 is 1. The molecule has 3 rings (SSSR count). The van der Waals surface area contributed by atoms with E-state index in [4.69, 9.17) is 10.5 Å². The summed E-state index contributed by atoms with van der Waals surface area (Å²) in [5, 5.41) is 2.62. The summed E-state index contributed by atoms with van der Waals surface area (Å²) in [5.74, 6) is -0.753. The van der Waals surface area contributed by atoms with Crippen LogP contribution in [0.2, 0.25) is 0 Å². The van der Waals surface area contributed by atoms with E-state index in [1.165, 1.54) is 37.4 Å². The molecule has 0 heterocycles. The molecule has 0 spiro atoms. The van der Waals surface area contributed by atoms with Gasteiger partial charge in [-0.05, 0) is 71.4 Å². The topological polar surface area (TPSA) is 119 Å². The molecule has 0 atom stereocenters. The highest BCUT2D eigenvalue weighted by atomic mass is 79.9. The molecule has 10 heteroatoms. The third kappa shape index (κ3) is 5.71. The van der Waals surface area contributed by atoms with Crippen molar-refractivity contribution in [2.75, 3.05) is 23.3 Å². The van der Waals surface area contributed by atoms with Gasteiger partial charge in [-0.1, -0.05) is 23.8 Å². The SMILES string of the molecule is COc1ccc(S(=O)(=O)N(CC(=O)Nc2cccc(C(N)=O)c2)c2ccc(C)cc2)cc1Br. The first kappa shape index (κ1) is 24.3. The lowest BCUT2D eigenvalue weighted by Crippen LogP contribution is -2.38. The zero-order valence-corrected chi connectivity index (χ0v) is 20.3. The number of nitrogens with zero attached hydrogens (tertiary/aromatic N) is 1. The predicted octanol–water partition coefficient (Wildman–Crippen LogP) is 3.70. The Morgan fingerprint density at radius 1 is 1.06 bits per heavy atom. The number of halogens is 1. The van der Waals surface area contributed by atoms with Crippen LogP contribution < -0.4 is 20.1 Å². The number of carbonyl (C=O) groups is 2. The van der Waals surface area contributed by atoms with Gasteiger partial charge in [0, 0.05) is 11.3 Å². The minimum atomic E-state index is -4.11. The van der Waals surface area contributed by atoms with E-state index in [1.807, 2.05) is 6.92 Å². The highest BCUT2D eigenvalue weighted by Crippen LogP contribution is 2.31. The fourth-order valence-corrected chi connectivity index (χ4v) is 5.18. The second kappa shape index (κ2) is 10.1. The maximum atomic E-state index is 13.5. The third-order valence-electron chi connectivity index (χ3n) is 4.75. The molecule has 172 valence electrons. The Morgan fingerprint density at radius 3 is 2.36 bits per heavy atom. The minimum absolute atomic E-state index is 0.0146. The molecule has 0 fully saturated rings. The standard InChI is InChI=1S/C23H22BrN3O5S/c1-15-6-8-18(9-7-15)27(33(30,31)19-10-11-21(32-2)20(24)13-19)14-22(28)26-17-5-3-4-16(12-17)23(25)29/h3-13H,14H2,1-2H3,(H2,25,29)(H,26,28). The van der Waals surface area contributed by atoms with Crippen LogP contribution in [0.3, 0.4) is 0 Å². The number of primary amides is 1. The van der Waals surface area contributed by atoms with Crippen LogP contribution in [0.15, 0.2) is 76.1 Å². The maximum Gasteiger partial charge on any atom is 0.264 e. The summed E-state index contributed by atoms with van der Waals surface area (Å²) >= 11 is 3.30. The molecule has 2 amide bonds. The van der Waals surface area contributed by atoms with Crippen LogP contribution in [0.4, 0.5) is 11.4 Å². The van der Waals surface area contributed by atoms with E-state index in [2.05, 4.69) is 21.2 Å². The van der Waals surface area contributed by atoms with Gasteiger partial charge in [0.25, 0.3) is 10.0 Å². The van der Waals surface area contributed by atoms with E-state index >= 15 is 0 Å². The molecule has 0 saturated carbocycles. The Morgan fingerprint density at radius 2 is 1.76 bits per heavy atom. The Kier molecular flexibility index (Phi) is 7.39. The molecule has 0 bridgehead atoms.